The van der Waals surface area contributed by atoms with Gasteiger partial charge in [0.25, 0.3) is 0 Å². The van der Waals surface area contributed by atoms with Crippen LogP contribution in [0.2, 0.25) is 0 Å². The van der Waals surface area contributed by atoms with Gasteiger partial charge in [0.2, 0.25) is 0 Å². The van der Waals surface area contributed by atoms with Gasteiger partial charge < -0.3 is 4.90 Å². The van der Waals surface area contributed by atoms with Crippen molar-refractivity contribution in [2.24, 2.45) is 11.3 Å². The van der Waals surface area contributed by atoms with E-state index in [2.05, 4.69) is 28.8 Å². The predicted octanol–water partition coefficient (Wildman–Crippen LogP) is 4.57. The van der Waals surface area contributed by atoms with Crippen LogP contribution >= 0.6 is 0 Å². The van der Waals surface area contributed by atoms with Gasteiger partial charge >= 0.3 is 6.18 Å². The molecule has 7 heteroatoms. The number of nitrogens with zero attached hydrogens (tertiary/aromatic N) is 4. The molecule has 0 aromatic carbocycles. The molecule has 2 aromatic rings. The Balaban J connectivity index is 1.76. The molecule has 1 saturated carbocycles. The average Bonchev–Trinajstić information content (AvgIpc) is 2.52. The van der Waals surface area contributed by atoms with Crippen molar-refractivity contribution < 1.29 is 13.2 Å². The van der Waals surface area contributed by atoms with E-state index in [0.717, 1.165) is 25.5 Å². The highest BCUT2D eigenvalue weighted by molar-refractivity contribution is 5.58. The lowest BCUT2D eigenvalue weighted by atomic mass is 9.55. The third-order valence-electron chi connectivity index (χ3n) is 5.65. The van der Waals surface area contributed by atoms with E-state index in [1.165, 1.54) is 12.6 Å². The van der Waals surface area contributed by atoms with Crippen molar-refractivity contribution in [2.75, 3.05) is 11.4 Å². The molecule has 0 bridgehead atoms. The summed E-state index contributed by atoms with van der Waals surface area (Å²) in [5.74, 6) is 0.789. The maximum atomic E-state index is 13.4. The Hall–Kier alpha value is -2.18. The lowest BCUT2D eigenvalue weighted by molar-refractivity contribution is -0.141. The Morgan fingerprint density at radius 1 is 1.23 bits per heavy atom. The molecule has 1 aliphatic heterocycles. The van der Waals surface area contributed by atoms with E-state index in [-0.39, 0.29) is 17.3 Å². The molecule has 2 aromatic heterocycles. The second-order valence-electron chi connectivity index (χ2n) is 7.71. The molecular formula is C19H21F3N4. The minimum atomic E-state index is -4.51. The maximum Gasteiger partial charge on any atom is 0.433 e. The van der Waals surface area contributed by atoms with Crippen LogP contribution < -0.4 is 4.90 Å². The van der Waals surface area contributed by atoms with Crippen LogP contribution in [0.1, 0.15) is 38.8 Å². The molecule has 0 unspecified atom stereocenters. The summed E-state index contributed by atoms with van der Waals surface area (Å²) >= 11 is 0. The number of rotatable bonds is 3. The minimum Gasteiger partial charge on any atom is -0.352 e. The van der Waals surface area contributed by atoms with E-state index >= 15 is 0 Å². The fourth-order valence-electron chi connectivity index (χ4n) is 4.48. The second-order valence-corrected chi connectivity index (χ2v) is 7.71. The van der Waals surface area contributed by atoms with E-state index in [1.807, 2.05) is 4.90 Å². The van der Waals surface area contributed by atoms with Crippen molar-refractivity contribution in [3.8, 4) is 11.4 Å². The number of hydrogen-bond donors (Lipinski definition) is 0. The molecule has 2 aliphatic rings. The molecular weight excluding hydrogens is 341 g/mol. The van der Waals surface area contributed by atoms with Crippen molar-refractivity contribution in [1.82, 2.24) is 15.0 Å². The number of aromatic nitrogens is 3. The Bertz CT molecular complexity index is 800. The van der Waals surface area contributed by atoms with E-state index in [0.29, 0.717) is 17.3 Å². The van der Waals surface area contributed by atoms with E-state index in [1.54, 1.807) is 18.3 Å². The topological polar surface area (TPSA) is 41.9 Å². The molecule has 138 valence electrons. The van der Waals surface area contributed by atoms with Gasteiger partial charge in [0, 0.05) is 42.0 Å². The monoisotopic (exact) mass is 362 g/mol. The standard InChI is InChI=1S/C19H21F3N4/c1-12(2)16-18(6-4-7-18)11-26(16)15-9-14(19(20,21)22)24-17(25-15)13-5-3-8-23-10-13/h3,5,8-10,12,16H,4,6-7,11H2,1-2H3/t16-/m1/s1. The number of halogens is 3. The van der Waals surface area contributed by atoms with Gasteiger partial charge in [0.05, 0.1) is 0 Å². The number of hydrogen-bond acceptors (Lipinski definition) is 4. The Labute approximate surface area is 150 Å². The van der Waals surface area contributed by atoms with Gasteiger partial charge in [-0.25, -0.2) is 9.97 Å². The van der Waals surface area contributed by atoms with E-state index in [4.69, 9.17) is 0 Å². The van der Waals surface area contributed by atoms with Crippen molar-refractivity contribution >= 4 is 5.82 Å². The highest BCUT2D eigenvalue weighted by atomic mass is 19.4. The second kappa shape index (κ2) is 5.93. The van der Waals surface area contributed by atoms with Crippen LogP contribution in [0.3, 0.4) is 0 Å². The fourth-order valence-corrected chi connectivity index (χ4v) is 4.48. The molecule has 1 aliphatic carbocycles. The zero-order chi connectivity index (χ0) is 18.5. The third-order valence-corrected chi connectivity index (χ3v) is 5.65. The summed E-state index contributed by atoms with van der Waals surface area (Å²) in [7, 11) is 0. The summed E-state index contributed by atoms with van der Waals surface area (Å²) in [6.07, 6.45) is 2.06. The summed E-state index contributed by atoms with van der Waals surface area (Å²) in [5.41, 5.74) is -0.162. The smallest absolute Gasteiger partial charge is 0.352 e. The summed E-state index contributed by atoms with van der Waals surface area (Å²) in [5, 5.41) is 0. The highest BCUT2D eigenvalue weighted by Gasteiger charge is 2.57. The van der Waals surface area contributed by atoms with Crippen molar-refractivity contribution in [1.29, 1.82) is 0 Å². The molecule has 0 N–H and O–H groups in total. The predicted molar refractivity (Wildman–Crippen MR) is 92.5 cm³/mol. The summed E-state index contributed by atoms with van der Waals surface area (Å²) in [6.45, 7) is 5.03. The number of pyridine rings is 1. The molecule has 0 amide bonds. The molecule has 1 atom stereocenters. The van der Waals surface area contributed by atoms with Crippen molar-refractivity contribution in [2.45, 2.75) is 45.3 Å². The van der Waals surface area contributed by atoms with Gasteiger partial charge in [0.1, 0.15) is 5.82 Å². The largest absolute Gasteiger partial charge is 0.433 e. The number of alkyl halides is 3. The fraction of sp³-hybridized carbons (Fsp3) is 0.526. The lowest BCUT2D eigenvalue weighted by Gasteiger charge is -2.64. The van der Waals surface area contributed by atoms with Crippen LogP contribution in [-0.4, -0.2) is 27.5 Å². The first-order chi connectivity index (χ1) is 12.3. The van der Waals surface area contributed by atoms with Crippen molar-refractivity contribution in [3.05, 3.63) is 36.3 Å². The van der Waals surface area contributed by atoms with Crippen LogP contribution in [0.5, 0.6) is 0 Å². The molecule has 26 heavy (non-hydrogen) atoms. The van der Waals surface area contributed by atoms with Crippen LogP contribution in [0.15, 0.2) is 30.6 Å². The molecule has 1 saturated heterocycles. The van der Waals surface area contributed by atoms with Crippen molar-refractivity contribution in [3.63, 3.8) is 0 Å². The van der Waals surface area contributed by atoms with Crippen LogP contribution in [0.4, 0.5) is 19.0 Å². The molecule has 4 nitrogen and oxygen atoms in total. The van der Waals surface area contributed by atoms with E-state index < -0.39 is 11.9 Å². The zero-order valence-electron chi connectivity index (χ0n) is 14.8. The lowest BCUT2D eigenvalue weighted by Crippen LogP contribution is -2.69. The number of anilines is 1. The molecule has 3 heterocycles. The zero-order valence-corrected chi connectivity index (χ0v) is 14.8. The quantitative estimate of drug-likeness (QED) is 0.802. The van der Waals surface area contributed by atoms with Crippen LogP contribution in [0, 0.1) is 11.3 Å². The molecule has 2 fully saturated rings. The SMILES string of the molecule is CC(C)[C@H]1N(c2cc(C(F)(F)F)nc(-c3cccnc3)n2)CC12CCC2. The highest BCUT2D eigenvalue weighted by Crippen LogP contribution is 2.56. The average molecular weight is 362 g/mol. The molecule has 0 radical (unpaired) electrons. The Morgan fingerprint density at radius 3 is 2.54 bits per heavy atom. The first-order valence-electron chi connectivity index (χ1n) is 8.93. The van der Waals surface area contributed by atoms with Gasteiger partial charge in [-0.15, -0.1) is 0 Å². The van der Waals surface area contributed by atoms with Crippen LogP contribution in [0.25, 0.3) is 11.4 Å². The van der Waals surface area contributed by atoms with Gasteiger partial charge in [0.15, 0.2) is 11.5 Å². The van der Waals surface area contributed by atoms with Gasteiger partial charge in [-0.2, -0.15) is 13.2 Å². The summed E-state index contributed by atoms with van der Waals surface area (Å²) < 4.78 is 40.2. The van der Waals surface area contributed by atoms with Gasteiger partial charge in [-0.1, -0.05) is 20.3 Å². The first kappa shape index (κ1) is 17.2. The maximum absolute atomic E-state index is 13.4. The molecule has 1 spiro atoms. The van der Waals surface area contributed by atoms with Gasteiger partial charge in [-0.05, 0) is 30.9 Å². The first-order valence-corrected chi connectivity index (χ1v) is 8.93. The third kappa shape index (κ3) is 2.73. The Kier molecular flexibility index (Phi) is 3.93. The Morgan fingerprint density at radius 2 is 2.00 bits per heavy atom. The summed E-state index contributed by atoms with van der Waals surface area (Å²) in [4.78, 5) is 14.2. The normalized spacial score (nSPS) is 21.6. The summed E-state index contributed by atoms with van der Waals surface area (Å²) in [6, 6.07) is 4.66. The van der Waals surface area contributed by atoms with E-state index in [9.17, 15) is 13.2 Å². The van der Waals surface area contributed by atoms with Crippen LogP contribution in [-0.2, 0) is 6.18 Å². The van der Waals surface area contributed by atoms with Gasteiger partial charge in [-0.3, -0.25) is 4.98 Å². The molecule has 4 rings (SSSR count). The minimum absolute atomic E-state index is 0.0694.